The molecular formula is C11H7BClN3. The highest BCUT2D eigenvalue weighted by molar-refractivity contribution is 6.35. The molecule has 0 amide bonds. The lowest BCUT2D eigenvalue weighted by Crippen LogP contribution is -2.08. The first-order valence-electron chi connectivity index (χ1n) is 4.84. The molecule has 0 N–H and O–H groups in total. The van der Waals surface area contributed by atoms with Gasteiger partial charge in [-0.2, -0.15) is 0 Å². The van der Waals surface area contributed by atoms with Crippen LogP contribution in [0.25, 0.3) is 16.6 Å². The molecule has 2 heterocycles. The Labute approximate surface area is 98.5 Å². The summed E-state index contributed by atoms with van der Waals surface area (Å²) in [5.74, 6) is 0. The van der Waals surface area contributed by atoms with Crippen molar-refractivity contribution < 1.29 is 0 Å². The largest absolute Gasteiger partial charge is 0.294 e. The van der Waals surface area contributed by atoms with Gasteiger partial charge in [0.1, 0.15) is 13.4 Å². The Balaban J connectivity index is 2.59. The minimum absolute atomic E-state index is 0.453. The zero-order chi connectivity index (χ0) is 11.3. The lowest BCUT2D eigenvalue weighted by atomic mass is 9.91. The van der Waals surface area contributed by atoms with Gasteiger partial charge in [-0.1, -0.05) is 22.6 Å². The number of rotatable bonds is 0. The molecule has 0 aliphatic carbocycles. The van der Waals surface area contributed by atoms with Crippen LogP contribution >= 0.6 is 11.6 Å². The van der Waals surface area contributed by atoms with Gasteiger partial charge in [0.05, 0.1) is 23.6 Å². The summed E-state index contributed by atoms with van der Waals surface area (Å²) in [7, 11) is 5.89. The molecule has 16 heavy (non-hydrogen) atoms. The lowest BCUT2D eigenvalue weighted by molar-refractivity contribution is 1.19. The Bertz CT molecular complexity index is 705. The normalized spacial score (nSPS) is 11.4. The molecular weight excluding hydrogens is 220 g/mol. The van der Waals surface area contributed by atoms with E-state index < -0.39 is 0 Å². The number of aryl methyl sites for hydroxylation is 1. The van der Waals surface area contributed by atoms with E-state index in [2.05, 4.69) is 9.97 Å². The maximum atomic E-state index is 6.07. The van der Waals surface area contributed by atoms with Crippen LogP contribution in [0.15, 0.2) is 24.7 Å². The third kappa shape index (κ3) is 1.23. The van der Waals surface area contributed by atoms with E-state index in [1.54, 1.807) is 12.5 Å². The van der Waals surface area contributed by atoms with Gasteiger partial charge in [0.2, 0.25) is 0 Å². The minimum atomic E-state index is 0.453. The van der Waals surface area contributed by atoms with Gasteiger partial charge in [-0.15, -0.1) is 0 Å². The van der Waals surface area contributed by atoms with E-state index in [1.807, 2.05) is 23.5 Å². The number of benzene rings is 1. The van der Waals surface area contributed by atoms with E-state index in [0.717, 1.165) is 27.6 Å². The van der Waals surface area contributed by atoms with Gasteiger partial charge in [-0.25, -0.2) is 9.97 Å². The number of imidazole rings is 1. The molecule has 3 aromatic rings. The molecule has 0 saturated heterocycles. The predicted molar refractivity (Wildman–Crippen MR) is 65.6 cm³/mol. The van der Waals surface area contributed by atoms with E-state index in [0.29, 0.717) is 5.15 Å². The van der Waals surface area contributed by atoms with E-state index in [9.17, 15) is 0 Å². The Morgan fingerprint density at radius 3 is 2.94 bits per heavy atom. The van der Waals surface area contributed by atoms with E-state index in [1.165, 1.54) is 0 Å². The quantitative estimate of drug-likeness (QED) is 0.547. The van der Waals surface area contributed by atoms with Crippen LogP contribution in [0.5, 0.6) is 0 Å². The highest BCUT2D eigenvalue weighted by Crippen LogP contribution is 2.21. The van der Waals surface area contributed by atoms with Crippen molar-refractivity contribution in [3.05, 3.63) is 35.4 Å². The second-order valence-electron chi connectivity index (χ2n) is 3.75. The van der Waals surface area contributed by atoms with Crippen molar-refractivity contribution in [2.75, 3.05) is 0 Å². The van der Waals surface area contributed by atoms with Crippen molar-refractivity contribution in [1.29, 1.82) is 0 Å². The zero-order valence-electron chi connectivity index (χ0n) is 8.61. The van der Waals surface area contributed by atoms with Crippen LogP contribution in [-0.2, 0) is 0 Å². The third-order valence-electron chi connectivity index (χ3n) is 2.69. The molecule has 0 aliphatic rings. The van der Waals surface area contributed by atoms with Crippen molar-refractivity contribution in [1.82, 2.24) is 14.4 Å². The fraction of sp³-hybridized carbons (Fsp3) is 0.0909. The Hall–Kier alpha value is -1.55. The lowest BCUT2D eigenvalue weighted by Gasteiger charge is -2.07. The molecule has 5 heteroatoms. The average Bonchev–Trinajstić information content (AvgIpc) is 2.71. The summed E-state index contributed by atoms with van der Waals surface area (Å²) < 4.78 is 1.89. The first kappa shape index (κ1) is 9.66. The first-order chi connectivity index (χ1) is 7.66. The van der Waals surface area contributed by atoms with E-state index in [-0.39, 0.29) is 0 Å². The number of hydrogen-bond donors (Lipinski definition) is 0. The standard InChI is InChI=1S/C11H7BClN3/c1-6-2-8-9(3-7(6)12)16-5-14-4-10(16)11(13)15-8/h2-5H,1H3. The molecule has 0 atom stereocenters. The number of fused-ring (bicyclic) bond motifs is 3. The fourth-order valence-electron chi connectivity index (χ4n) is 1.78. The van der Waals surface area contributed by atoms with Crippen molar-refractivity contribution in [2.24, 2.45) is 0 Å². The summed E-state index contributed by atoms with van der Waals surface area (Å²) in [6, 6.07) is 3.82. The van der Waals surface area contributed by atoms with Crippen molar-refractivity contribution >= 4 is 41.5 Å². The van der Waals surface area contributed by atoms with Crippen molar-refractivity contribution in [2.45, 2.75) is 6.92 Å². The summed E-state index contributed by atoms with van der Waals surface area (Å²) in [6.45, 7) is 1.95. The number of hydrogen-bond acceptors (Lipinski definition) is 2. The molecule has 0 fully saturated rings. The Morgan fingerprint density at radius 1 is 1.31 bits per heavy atom. The summed E-state index contributed by atoms with van der Waals surface area (Å²) >= 11 is 6.07. The maximum Gasteiger partial charge on any atom is 0.155 e. The van der Waals surface area contributed by atoms with Crippen LogP contribution in [-0.4, -0.2) is 22.2 Å². The van der Waals surface area contributed by atoms with Crippen LogP contribution in [0.4, 0.5) is 0 Å². The van der Waals surface area contributed by atoms with Gasteiger partial charge in [-0.3, -0.25) is 4.40 Å². The first-order valence-corrected chi connectivity index (χ1v) is 5.22. The van der Waals surface area contributed by atoms with Crippen LogP contribution < -0.4 is 5.46 Å². The van der Waals surface area contributed by atoms with Crippen LogP contribution in [0.3, 0.4) is 0 Å². The molecule has 0 spiro atoms. The zero-order valence-corrected chi connectivity index (χ0v) is 9.36. The van der Waals surface area contributed by atoms with Gasteiger partial charge in [0.25, 0.3) is 0 Å². The maximum absolute atomic E-state index is 6.07. The molecule has 0 bridgehead atoms. The molecule has 0 aliphatic heterocycles. The second kappa shape index (κ2) is 3.22. The fourth-order valence-corrected chi connectivity index (χ4v) is 2.01. The SMILES string of the molecule is [B]c1cc2c(cc1C)nc(Cl)c1cncn12. The van der Waals surface area contributed by atoms with Gasteiger partial charge in [0.15, 0.2) is 5.15 Å². The third-order valence-corrected chi connectivity index (χ3v) is 2.97. The highest BCUT2D eigenvalue weighted by Gasteiger charge is 2.07. The number of aromatic nitrogens is 3. The molecule has 76 valence electrons. The summed E-state index contributed by atoms with van der Waals surface area (Å²) in [5.41, 5.74) is 4.27. The molecule has 2 aromatic heterocycles. The second-order valence-corrected chi connectivity index (χ2v) is 4.11. The van der Waals surface area contributed by atoms with Crippen molar-refractivity contribution in [3.8, 4) is 0 Å². The molecule has 2 radical (unpaired) electrons. The predicted octanol–water partition coefficient (Wildman–Crippen LogP) is 1.64. The van der Waals surface area contributed by atoms with Crippen LogP contribution in [0, 0.1) is 6.92 Å². The number of halogens is 1. The smallest absolute Gasteiger partial charge is 0.155 e. The topological polar surface area (TPSA) is 30.2 Å². The molecule has 3 nitrogen and oxygen atoms in total. The van der Waals surface area contributed by atoms with Crippen LogP contribution in [0.2, 0.25) is 5.15 Å². The average molecular weight is 227 g/mol. The Morgan fingerprint density at radius 2 is 2.12 bits per heavy atom. The van der Waals surface area contributed by atoms with Crippen LogP contribution in [0.1, 0.15) is 5.56 Å². The molecule has 1 aromatic carbocycles. The molecule has 0 unspecified atom stereocenters. The number of nitrogens with zero attached hydrogens (tertiary/aromatic N) is 3. The van der Waals surface area contributed by atoms with Gasteiger partial charge in [0, 0.05) is 0 Å². The monoisotopic (exact) mass is 227 g/mol. The van der Waals surface area contributed by atoms with Gasteiger partial charge < -0.3 is 0 Å². The van der Waals surface area contributed by atoms with E-state index in [4.69, 9.17) is 19.4 Å². The highest BCUT2D eigenvalue weighted by atomic mass is 35.5. The van der Waals surface area contributed by atoms with E-state index >= 15 is 0 Å². The summed E-state index contributed by atoms with van der Waals surface area (Å²) in [6.07, 6.45) is 3.39. The summed E-state index contributed by atoms with van der Waals surface area (Å²) in [4.78, 5) is 8.39. The van der Waals surface area contributed by atoms with Gasteiger partial charge >= 0.3 is 0 Å². The Kier molecular flexibility index (Phi) is 1.95. The minimum Gasteiger partial charge on any atom is -0.294 e. The summed E-state index contributed by atoms with van der Waals surface area (Å²) in [5, 5.41) is 0.453. The molecule has 0 saturated carbocycles. The van der Waals surface area contributed by atoms with Crippen molar-refractivity contribution in [3.63, 3.8) is 0 Å². The molecule has 3 rings (SSSR count). The van der Waals surface area contributed by atoms with Gasteiger partial charge in [-0.05, 0) is 19.1 Å².